The van der Waals surface area contributed by atoms with Crippen LogP contribution in [0.2, 0.25) is 0 Å². The van der Waals surface area contributed by atoms with Crippen molar-refractivity contribution in [2.24, 2.45) is 0 Å². The van der Waals surface area contributed by atoms with E-state index in [1.54, 1.807) is 39.8 Å². The Bertz CT molecular complexity index is 781. The average molecular weight is 478 g/mol. The van der Waals surface area contributed by atoms with Crippen LogP contribution in [0.5, 0.6) is 5.75 Å². The average Bonchev–Trinajstić information content (AvgIpc) is 2.61. The third-order valence-corrected chi connectivity index (χ3v) is 9.51. The highest BCUT2D eigenvalue weighted by atomic mass is 31.2. The lowest BCUT2D eigenvalue weighted by atomic mass is 9.80. The third-order valence-electron chi connectivity index (χ3n) is 3.97. The van der Waals surface area contributed by atoms with Crippen LogP contribution >= 0.6 is 15.0 Å². The highest BCUT2D eigenvalue weighted by Gasteiger charge is 2.33. The summed E-state index contributed by atoms with van der Waals surface area (Å²) in [6.07, 6.45) is 0.423. The minimum absolute atomic E-state index is 0.117. The van der Waals surface area contributed by atoms with E-state index in [0.717, 1.165) is 5.56 Å². The van der Waals surface area contributed by atoms with Gasteiger partial charge < -0.3 is 18.3 Å². The highest BCUT2D eigenvalue weighted by molar-refractivity contribution is 7.73. The zero-order chi connectivity index (χ0) is 24.1. The van der Waals surface area contributed by atoms with E-state index < -0.39 is 15.0 Å². The second-order valence-corrected chi connectivity index (χ2v) is 12.6. The van der Waals surface area contributed by atoms with E-state index in [1.807, 2.05) is 26.0 Å². The number of Topliss-reactive ketones (excluding diaryl/α,β-unsaturated/α-hetero) is 1. The zero-order valence-electron chi connectivity index (χ0n) is 19.6. The molecule has 0 saturated carbocycles. The Morgan fingerprint density at radius 2 is 1.52 bits per heavy atom. The lowest BCUT2D eigenvalue weighted by Crippen LogP contribution is -2.21. The van der Waals surface area contributed by atoms with Crippen molar-refractivity contribution in [2.75, 3.05) is 32.4 Å². The number of hydrogen-bond acceptors (Lipinski definition) is 8. The van der Waals surface area contributed by atoms with Gasteiger partial charge in [-0.2, -0.15) is 0 Å². The molecule has 0 aliphatic heterocycles. The maximum Gasteiger partial charge on any atom is 0.340 e. The number of carbonyl (C=O) groups excluding carboxylic acids is 2. The number of hydrogen-bond donors (Lipinski definition) is 0. The third kappa shape index (κ3) is 11.8. The number of benzene rings is 1. The molecule has 0 aromatic heterocycles. The summed E-state index contributed by atoms with van der Waals surface area (Å²) in [5, 5.41) is 0. The first-order valence-corrected chi connectivity index (χ1v) is 14.1. The molecule has 1 aromatic rings. The van der Waals surface area contributed by atoms with Crippen LogP contribution in [0.1, 0.15) is 53.5 Å². The molecule has 8 nitrogen and oxygen atoms in total. The molecular formula is C21H36O8P2. The van der Waals surface area contributed by atoms with Gasteiger partial charge in [0.05, 0.1) is 19.8 Å². The van der Waals surface area contributed by atoms with E-state index >= 15 is 0 Å². The molecule has 0 fully saturated rings. The number of rotatable bonds is 13. The Morgan fingerprint density at radius 1 is 1.00 bits per heavy atom. The molecule has 1 rings (SSSR count). The minimum atomic E-state index is -3.26. The molecule has 1 unspecified atom stereocenters. The fraction of sp³-hybridized carbons (Fsp3) is 0.619. The van der Waals surface area contributed by atoms with Gasteiger partial charge in [-0.1, -0.05) is 32.0 Å². The largest absolute Gasteiger partial charge is 0.428 e. The van der Waals surface area contributed by atoms with Crippen LogP contribution in [-0.4, -0.2) is 44.6 Å². The van der Waals surface area contributed by atoms with Gasteiger partial charge in [0, 0.05) is 24.1 Å². The van der Waals surface area contributed by atoms with Crippen molar-refractivity contribution >= 4 is 27.2 Å². The standard InChI is InChI=1S/C13H16O3.C8H20O5P2/c1-10(15)8-13(2,3)11-6-4-5-7-12(11)16-9-14;1-5-11-14(4,9)8-15(10,12-6-2)13-7-3/h4-7,9H,8H2,1-3H3;5-8H2,1-4H3. The Morgan fingerprint density at radius 3 is 1.97 bits per heavy atom. The fourth-order valence-electron chi connectivity index (χ4n) is 3.04. The number of carbonyl (C=O) groups is 2. The van der Waals surface area contributed by atoms with E-state index in [9.17, 15) is 18.7 Å². The molecular weight excluding hydrogens is 442 g/mol. The SMILES string of the molecule is CC(=O)CC(C)(C)c1ccccc1OC=O.CCOP(C)(=O)CP(=O)(OCC)OCC. The lowest BCUT2D eigenvalue weighted by Gasteiger charge is -2.25. The Kier molecular flexibility index (Phi) is 13.4. The maximum atomic E-state index is 12.0. The van der Waals surface area contributed by atoms with Crippen molar-refractivity contribution in [3.63, 3.8) is 0 Å². The van der Waals surface area contributed by atoms with Crippen molar-refractivity contribution in [3.05, 3.63) is 29.8 Å². The normalized spacial score (nSPS) is 13.5. The topological polar surface area (TPSA) is 105 Å². The van der Waals surface area contributed by atoms with Gasteiger partial charge in [0.15, 0.2) is 0 Å². The van der Waals surface area contributed by atoms with Crippen molar-refractivity contribution in [1.29, 1.82) is 0 Å². The van der Waals surface area contributed by atoms with Crippen LogP contribution < -0.4 is 4.74 Å². The lowest BCUT2D eigenvalue weighted by molar-refractivity contribution is -0.120. The minimum Gasteiger partial charge on any atom is -0.428 e. The number of ether oxygens (including phenoxy) is 1. The smallest absolute Gasteiger partial charge is 0.340 e. The van der Waals surface area contributed by atoms with Gasteiger partial charge in [-0.15, -0.1) is 0 Å². The molecule has 0 radical (unpaired) electrons. The van der Waals surface area contributed by atoms with Gasteiger partial charge in [-0.05, 0) is 33.8 Å². The van der Waals surface area contributed by atoms with Crippen LogP contribution in [0.25, 0.3) is 0 Å². The Hall–Kier alpha value is -1.30. The first-order valence-electron chi connectivity index (χ1n) is 10.1. The molecule has 1 atom stereocenters. The molecule has 10 heteroatoms. The Labute approximate surface area is 186 Å². The van der Waals surface area contributed by atoms with Gasteiger partial charge in [-0.3, -0.25) is 18.7 Å². The quantitative estimate of drug-likeness (QED) is 0.265. The molecule has 0 aliphatic rings. The Balaban J connectivity index is 0.000000582. The summed E-state index contributed by atoms with van der Waals surface area (Å²) >= 11 is 0. The van der Waals surface area contributed by atoms with E-state index in [2.05, 4.69) is 0 Å². The summed E-state index contributed by atoms with van der Waals surface area (Å²) in [6.45, 7) is 13.4. The van der Waals surface area contributed by atoms with Crippen LogP contribution in [-0.2, 0) is 37.7 Å². The molecule has 0 spiro atoms. The molecule has 0 amide bonds. The van der Waals surface area contributed by atoms with E-state index in [-0.39, 0.29) is 30.3 Å². The van der Waals surface area contributed by atoms with E-state index in [4.69, 9.17) is 18.3 Å². The van der Waals surface area contributed by atoms with Crippen molar-refractivity contribution in [3.8, 4) is 5.75 Å². The summed E-state index contributed by atoms with van der Waals surface area (Å²) < 4.78 is 43.9. The molecule has 0 saturated heterocycles. The number of ketones is 1. The van der Waals surface area contributed by atoms with Crippen molar-refractivity contribution in [2.45, 2.75) is 53.4 Å². The number of para-hydroxylation sites is 1. The van der Waals surface area contributed by atoms with E-state index in [1.165, 1.54) is 6.66 Å². The van der Waals surface area contributed by atoms with Gasteiger partial charge in [0.1, 0.15) is 17.4 Å². The molecule has 0 N–H and O–H groups in total. The zero-order valence-corrected chi connectivity index (χ0v) is 21.4. The van der Waals surface area contributed by atoms with Crippen molar-refractivity contribution in [1.82, 2.24) is 0 Å². The van der Waals surface area contributed by atoms with Crippen LogP contribution in [0.15, 0.2) is 24.3 Å². The molecule has 1 aromatic carbocycles. The second-order valence-electron chi connectivity index (χ2n) is 7.49. The molecule has 31 heavy (non-hydrogen) atoms. The van der Waals surface area contributed by atoms with Gasteiger partial charge in [-0.25, -0.2) is 0 Å². The summed E-state index contributed by atoms with van der Waals surface area (Å²) in [7, 11) is -6.15. The summed E-state index contributed by atoms with van der Waals surface area (Å²) in [4.78, 5) is 21.6. The molecule has 0 heterocycles. The van der Waals surface area contributed by atoms with Crippen LogP contribution in [0.3, 0.4) is 0 Å². The first kappa shape index (κ1) is 29.7. The van der Waals surface area contributed by atoms with E-state index in [0.29, 0.717) is 25.2 Å². The predicted molar refractivity (Wildman–Crippen MR) is 122 cm³/mol. The fourth-order valence-corrected chi connectivity index (χ4v) is 7.94. The molecule has 0 bridgehead atoms. The maximum absolute atomic E-state index is 12.0. The van der Waals surface area contributed by atoms with Gasteiger partial charge in [0.2, 0.25) is 7.37 Å². The summed E-state index contributed by atoms with van der Waals surface area (Å²) in [6, 6.07) is 7.27. The monoisotopic (exact) mass is 478 g/mol. The van der Waals surface area contributed by atoms with Crippen LogP contribution in [0.4, 0.5) is 0 Å². The summed E-state index contributed by atoms with van der Waals surface area (Å²) in [5.74, 6) is 0.477. The second kappa shape index (κ2) is 14.0. The highest BCUT2D eigenvalue weighted by Crippen LogP contribution is 2.61. The van der Waals surface area contributed by atoms with Gasteiger partial charge >= 0.3 is 7.60 Å². The summed E-state index contributed by atoms with van der Waals surface area (Å²) in [5.41, 5.74) is 0.545. The van der Waals surface area contributed by atoms with Crippen molar-refractivity contribution < 1.29 is 37.0 Å². The molecule has 178 valence electrons. The van der Waals surface area contributed by atoms with Gasteiger partial charge in [0.25, 0.3) is 6.47 Å². The molecule has 0 aliphatic carbocycles. The predicted octanol–water partition coefficient (Wildman–Crippen LogP) is 5.63. The first-order chi connectivity index (χ1) is 14.4. The van der Waals surface area contributed by atoms with Crippen LogP contribution in [0, 0.1) is 0 Å².